The second-order valence-electron chi connectivity index (χ2n) is 4.17. The molecule has 0 amide bonds. The number of carboxylic acids is 1. The van der Waals surface area contributed by atoms with Gasteiger partial charge in [0.1, 0.15) is 4.21 Å². The molecular weight excluding hydrogens is 334 g/mol. The predicted molar refractivity (Wildman–Crippen MR) is 81.6 cm³/mol. The van der Waals surface area contributed by atoms with Crippen LogP contribution in [-0.2, 0) is 16.4 Å². The first-order valence-corrected chi connectivity index (χ1v) is 8.64. The number of hydrogen-bond acceptors (Lipinski definition) is 4. The Morgan fingerprint density at radius 3 is 2.57 bits per heavy atom. The molecule has 0 spiro atoms. The lowest BCUT2D eigenvalue weighted by atomic mass is 10.1. The molecule has 0 aliphatic heterocycles. The summed E-state index contributed by atoms with van der Waals surface area (Å²) in [5, 5.41) is 9.05. The zero-order chi connectivity index (χ0) is 15.5. The molecule has 2 aromatic rings. The monoisotopic (exact) mass is 345 g/mol. The van der Waals surface area contributed by atoms with Crippen molar-refractivity contribution in [2.24, 2.45) is 0 Å². The minimum absolute atomic E-state index is 0.113. The number of nitrogens with one attached hydrogen (secondary N) is 1. The number of carboxylic acid groups (broad SMARTS) is 1. The van der Waals surface area contributed by atoms with Crippen LogP contribution < -0.4 is 4.72 Å². The van der Waals surface area contributed by atoms with Gasteiger partial charge in [-0.1, -0.05) is 29.8 Å². The molecule has 0 saturated heterocycles. The molecule has 21 heavy (non-hydrogen) atoms. The maximum absolute atomic E-state index is 12.0. The van der Waals surface area contributed by atoms with Crippen molar-refractivity contribution in [3.8, 4) is 0 Å². The maximum atomic E-state index is 12.0. The van der Waals surface area contributed by atoms with Crippen LogP contribution in [0.2, 0.25) is 4.34 Å². The number of carbonyl (C=O) groups is 1. The number of hydrogen-bond donors (Lipinski definition) is 2. The van der Waals surface area contributed by atoms with Gasteiger partial charge in [0.2, 0.25) is 10.0 Å². The van der Waals surface area contributed by atoms with E-state index < -0.39 is 16.0 Å². The molecular formula is C13H12ClNO4S2. The molecule has 0 fully saturated rings. The van der Waals surface area contributed by atoms with E-state index in [0.717, 1.165) is 11.3 Å². The average molecular weight is 346 g/mol. The van der Waals surface area contributed by atoms with Crippen molar-refractivity contribution in [3.63, 3.8) is 0 Å². The summed E-state index contributed by atoms with van der Waals surface area (Å²) < 4.78 is 26.9. The van der Waals surface area contributed by atoms with Crippen molar-refractivity contribution in [1.82, 2.24) is 4.72 Å². The Hall–Kier alpha value is -1.41. The Kier molecular flexibility index (Phi) is 5.00. The summed E-state index contributed by atoms with van der Waals surface area (Å²) in [7, 11) is -3.61. The second kappa shape index (κ2) is 6.57. The Morgan fingerprint density at radius 1 is 1.24 bits per heavy atom. The third-order valence-corrected chi connectivity index (χ3v) is 5.93. The summed E-state index contributed by atoms with van der Waals surface area (Å²) in [6, 6.07) is 9.45. The smallest absolute Gasteiger partial charge is 0.335 e. The van der Waals surface area contributed by atoms with Crippen LogP contribution in [0.4, 0.5) is 0 Å². The van der Waals surface area contributed by atoms with Crippen molar-refractivity contribution in [1.29, 1.82) is 0 Å². The lowest BCUT2D eigenvalue weighted by Gasteiger charge is -2.07. The Bertz CT molecular complexity index is 755. The first kappa shape index (κ1) is 16.0. The van der Waals surface area contributed by atoms with Gasteiger partial charge < -0.3 is 5.11 Å². The summed E-state index contributed by atoms with van der Waals surface area (Å²) in [6.45, 7) is 0.113. The van der Waals surface area contributed by atoms with Crippen LogP contribution in [-0.4, -0.2) is 26.0 Å². The summed E-state index contributed by atoms with van der Waals surface area (Å²) in [4.78, 5) is 11.1. The fraction of sp³-hybridized carbons (Fsp3) is 0.154. The van der Waals surface area contributed by atoms with E-state index in [-0.39, 0.29) is 16.3 Å². The van der Waals surface area contributed by atoms with E-state index in [1.807, 2.05) is 0 Å². The minimum atomic E-state index is -3.61. The number of thiophene rings is 1. The van der Waals surface area contributed by atoms with E-state index in [9.17, 15) is 13.2 Å². The second-order valence-corrected chi connectivity index (χ2v) is 7.88. The molecule has 0 unspecified atom stereocenters. The van der Waals surface area contributed by atoms with Gasteiger partial charge in [-0.2, -0.15) is 0 Å². The number of aromatic carboxylic acids is 1. The Morgan fingerprint density at radius 2 is 1.95 bits per heavy atom. The van der Waals surface area contributed by atoms with Gasteiger partial charge in [0, 0.05) is 6.54 Å². The zero-order valence-electron chi connectivity index (χ0n) is 10.7. The van der Waals surface area contributed by atoms with Gasteiger partial charge in [-0.05, 0) is 30.2 Å². The largest absolute Gasteiger partial charge is 0.478 e. The standard InChI is InChI=1S/C13H12ClNO4S2/c14-11-5-6-12(20-11)21(18,19)15-8-7-9-3-1-2-4-10(9)13(16)17/h1-6,15H,7-8H2,(H,16,17). The molecule has 0 atom stereocenters. The summed E-state index contributed by atoms with van der Waals surface area (Å²) in [5.41, 5.74) is 0.757. The summed E-state index contributed by atoms with van der Waals surface area (Å²) in [5.74, 6) is -1.03. The molecule has 1 heterocycles. The number of benzene rings is 1. The lowest BCUT2D eigenvalue weighted by molar-refractivity contribution is 0.0695. The molecule has 5 nitrogen and oxygen atoms in total. The molecule has 0 saturated carbocycles. The average Bonchev–Trinajstić information content (AvgIpc) is 2.86. The molecule has 2 N–H and O–H groups in total. The van der Waals surface area contributed by atoms with Gasteiger partial charge >= 0.3 is 5.97 Å². The molecule has 0 aliphatic rings. The van der Waals surface area contributed by atoms with Crippen LogP contribution in [0.3, 0.4) is 0 Å². The molecule has 0 bridgehead atoms. The Labute approximate surface area is 131 Å². The number of halogens is 1. The van der Waals surface area contributed by atoms with Gasteiger partial charge in [-0.25, -0.2) is 17.9 Å². The summed E-state index contributed by atoms with van der Waals surface area (Å²) in [6.07, 6.45) is 0.292. The van der Waals surface area contributed by atoms with Crippen molar-refractivity contribution in [2.75, 3.05) is 6.54 Å². The van der Waals surface area contributed by atoms with Gasteiger partial charge in [-0.3, -0.25) is 0 Å². The number of rotatable bonds is 6. The third kappa shape index (κ3) is 4.04. The predicted octanol–water partition coefficient (Wildman–Crippen LogP) is 2.62. The van der Waals surface area contributed by atoms with Crippen LogP contribution >= 0.6 is 22.9 Å². The topological polar surface area (TPSA) is 83.5 Å². The van der Waals surface area contributed by atoms with Crippen LogP contribution in [0.1, 0.15) is 15.9 Å². The van der Waals surface area contributed by atoms with E-state index in [2.05, 4.69) is 4.72 Å². The first-order valence-electron chi connectivity index (χ1n) is 5.96. The normalized spacial score (nSPS) is 11.5. The van der Waals surface area contributed by atoms with Crippen LogP contribution in [0, 0.1) is 0 Å². The highest BCUT2D eigenvalue weighted by atomic mass is 35.5. The van der Waals surface area contributed by atoms with E-state index in [0.29, 0.717) is 16.3 Å². The molecule has 112 valence electrons. The van der Waals surface area contributed by atoms with Crippen LogP contribution in [0.15, 0.2) is 40.6 Å². The van der Waals surface area contributed by atoms with Crippen molar-refractivity contribution in [2.45, 2.75) is 10.6 Å². The van der Waals surface area contributed by atoms with Gasteiger partial charge in [0.15, 0.2) is 0 Å². The van der Waals surface area contributed by atoms with E-state index in [1.165, 1.54) is 18.2 Å². The van der Waals surface area contributed by atoms with Gasteiger partial charge in [-0.15, -0.1) is 11.3 Å². The number of sulfonamides is 1. The summed E-state index contributed by atoms with van der Waals surface area (Å²) >= 11 is 6.68. The molecule has 1 aromatic heterocycles. The molecule has 0 radical (unpaired) electrons. The zero-order valence-corrected chi connectivity index (χ0v) is 13.1. The first-order chi connectivity index (χ1) is 9.90. The molecule has 0 aliphatic carbocycles. The highest BCUT2D eigenvalue weighted by Crippen LogP contribution is 2.25. The fourth-order valence-corrected chi connectivity index (χ4v) is 4.34. The van der Waals surface area contributed by atoms with Crippen molar-refractivity contribution in [3.05, 3.63) is 51.9 Å². The van der Waals surface area contributed by atoms with Crippen LogP contribution in [0.25, 0.3) is 0 Å². The van der Waals surface area contributed by atoms with E-state index in [4.69, 9.17) is 16.7 Å². The Balaban J connectivity index is 2.03. The van der Waals surface area contributed by atoms with Crippen molar-refractivity contribution < 1.29 is 18.3 Å². The van der Waals surface area contributed by atoms with E-state index in [1.54, 1.807) is 18.2 Å². The van der Waals surface area contributed by atoms with Gasteiger partial charge in [0.05, 0.1) is 9.90 Å². The maximum Gasteiger partial charge on any atom is 0.335 e. The SMILES string of the molecule is O=C(O)c1ccccc1CCNS(=O)(=O)c1ccc(Cl)s1. The van der Waals surface area contributed by atoms with Gasteiger partial charge in [0.25, 0.3) is 0 Å². The quantitative estimate of drug-likeness (QED) is 0.843. The van der Waals surface area contributed by atoms with Crippen LogP contribution in [0.5, 0.6) is 0 Å². The fourth-order valence-electron chi connectivity index (χ4n) is 1.78. The third-order valence-electron chi connectivity index (χ3n) is 2.75. The highest BCUT2D eigenvalue weighted by molar-refractivity contribution is 7.91. The van der Waals surface area contributed by atoms with E-state index >= 15 is 0 Å². The van der Waals surface area contributed by atoms with Crippen molar-refractivity contribution >= 4 is 38.9 Å². The molecule has 2 rings (SSSR count). The molecule has 8 heteroatoms. The molecule has 1 aromatic carbocycles. The minimum Gasteiger partial charge on any atom is -0.478 e. The lowest BCUT2D eigenvalue weighted by Crippen LogP contribution is -2.25. The highest BCUT2D eigenvalue weighted by Gasteiger charge is 2.16.